The molecule has 12 nitrogen and oxygen atoms in total. The molecule has 1 saturated heterocycles. The minimum atomic E-state index is -1.00. The van der Waals surface area contributed by atoms with Crippen LogP contribution in [0.15, 0.2) is 41.9 Å². The lowest BCUT2D eigenvalue weighted by Gasteiger charge is -2.34. The van der Waals surface area contributed by atoms with Crippen LogP contribution in [0.4, 0.5) is 4.79 Å². The predicted octanol–water partition coefficient (Wildman–Crippen LogP) is 6.64. The van der Waals surface area contributed by atoms with Gasteiger partial charge in [0.25, 0.3) is 5.91 Å². The molecule has 286 valence electrons. The van der Waals surface area contributed by atoms with Crippen molar-refractivity contribution in [1.29, 1.82) is 0 Å². The van der Waals surface area contributed by atoms with Crippen molar-refractivity contribution in [2.24, 2.45) is 5.41 Å². The molecule has 4 heterocycles. The number of esters is 1. The van der Waals surface area contributed by atoms with E-state index < -0.39 is 35.7 Å². The van der Waals surface area contributed by atoms with E-state index in [1.807, 2.05) is 17.6 Å². The zero-order valence-electron chi connectivity index (χ0n) is 32.4. The summed E-state index contributed by atoms with van der Waals surface area (Å²) in [5, 5.41) is 18.2. The monoisotopic (exact) mass is 746 g/mol. The molecule has 0 aliphatic carbocycles. The van der Waals surface area contributed by atoms with Crippen molar-refractivity contribution in [3.8, 4) is 22.5 Å². The summed E-state index contributed by atoms with van der Waals surface area (Å²) in [5.74, 6) is -0.632. The molecule has 3 aromatic heterocycles. The summed E-state index contributed by atoms with van der Waals surface area (Å²) in [7, 11) is 1.31. The van der Waals surface area contributed by atoms with Gasteiger partial charge >= 0.3 is 12.1 Å². The van der Waals surface area contributed by atoms with E-state index in [0.717, 1.165) is 51.2 Å². The Morgan fingerprint density at radius 2 is 1.91 bits per heavy atom. The quantitative estimate of drug-likeness (QED) is 0.136. The van der Waals surface area contributed by atoms with Crippen LogP contribution in [0.1, 0.15) is 90.4 Å². The van der Waals surface area contributed by atoms with Gasteiger partial charge in [-0.15, -0.1) is 11.3 Å². The molecule has 4 aromatic rings. The number of hydrogen-bond acceptors (Lipinski definition) is 10. The van der Waals surface area contributed by atoms with Crippen molar-refractivity contribution in [3.05, 3.63) is 58.2 Å². The molecule has 2 amide bonds. The number of nitrogens with one attached hydrogen (secondary N) is 2. The molecule has 1 aliphatic heterocycles. The lowest BCUT2D eigenvalue weighted by atomic mass is 9.84. The molecule has 0 spiro atoms. The minimum Gasteiger partial charge on any atom is -0.468 e. The van der Waals surface area contributed by atoms with Crippen molar-refractivity contribution in [2.45, 2.75) is 111 Å². The van der Waals surface area contributed by atoms with Crippen molar-refractivity contribution < 1.29 is 29.0 Å². The van der Waals surface area contributed by atoms with Crippen molar-refractivity contribution >= 4 is 40.2 Å². The summed E-state index contributed by atoms with van der Waals surface area (Å²) < 4.78 is 12.8. The van der Waals surface area contributed by atoms with Gasteiger partial charge in [-0.25, -0.2) is 15.2 Å². The largest absolute Gasteiger partial charge is 0.468 e. The highest BCUT2D eigenvalue weighted by Crippen LogP contribution is 2.41. The number of ether oxygens (including phenoxy) is 2. The maximum Gasteiger partial charge on any atom is 0.408 e. The Morgan fingerprint density at radius 1 is 1.15 bits per heavy atom. The second-order valence-electron chi connectivity index (χ2n) is 15.8. The number of carbonyl (C=O) groups excluding carboxylic acids is 3. The van der Waals surface area contributed by atoms with Crippen LogP contribution in [0.25, 0.3) is 33.4 Å². The van der Waals surface area contributed by atoms with E-state index in [-0.39, 0.29) is 24.4 Å². The van der Waals surface area contributed by atoms with E-state index in [1.165, 1.54) is 23.5 Å². The first-order chi connectivity index (χ1) is 25.1. The van der Waals surface area contributed by atoms with Crippen LogP contribution in [-0.4, -0.2) is 80.6 Å². The first-order valence-electron chi connectivity index (χ1n) is 18.4. The van der Waals surface area contributed by atoms with Crippen LogP contribution in [0.3, 0.4) is 0 Å². The summed E-state index contributed by atoms with van der Waals surface area (Å²) in [5.41, 5.74) is 9.00. The zero-order chi connectivity index (χ0) is 38.7. The van der Waals surface area contributed by atoms with E-state index in [1.54, 1.807) is 20.8 Å². The fourth-order valence-corrected chi connectivity index (χ4v) is 7.67. The molecule has 0 saturated carbocycles. The highest BCUT2D eigenvalue weighted by molar-refractivity contribution is 7.10. The summed E-state index contributed by atoms with van der Waals surface area (Å²) in [4.78, 5) is 48.9. The molecular formula is C40H54N6O6S. The molecule has 1 aromatic carbocycles. The van der Waals surface area contributed by atoms with Gasteiger partial charge in [0.05, 0.1) is 29.2 Å². The van der Waals surface area contributed by atoms with Gasteiger partial charge in [0.15, 0.2) is 0 Å². The van der Waals surface area contributed by atoms with Crippen molar-refractivity contribution in [1.82, 2.24) is 30.3 Å². The lowest BCUT2D eigenvalue weighted by molar-refractivity contribution is -0.150. The molecule has 3 N–H and O–H groups in total. The molecule has 1 fully saturated rings. The molecule has 5 rings (SSSR count). The second kappa shape index (κ2) is 16.4. The number of methoxy groups -OCH3 is 1. The third-order valence-corrected chi connectivity index (χ3v) is 10.2. The molecule has 0 unspecified atom stereocenters. The van der Waals surface area contributed by atoms with Crippen molar-refractivity contribution in [3.63, 3.8) is 0 Å². The van der Waals surface area contributed by atoms with Crippen LogP contribution in [-0.2, 0) is 38.4 Å². The van der Waals surface area contributed by atoms with Crippen LogP contribution in [0, 0.1) is 5.41 Å². The maximum atomic E-state index is 13.9. The topological polar surface area (TPSA) is 148 Å². The molecule has 0 radical (unpaired) electrons. The molecule has 1 aliphatic rings. The normalized spacial score (nSPS) is 15.8. The number of rotatable bonds is 12. The first kappa shape index (κ1) is 39.9. The third-order valence-electron chi connectivity index (χ3n) is 9.36. The summed E-state index contributed by atoms with van der Waals surface area (Å²) in [6, 6.07) is 8.83. The Balaban J connectivity index is 1.52. The number of benzene rings is 1. The highest BCUT2D eigenvalue weighted by atomic mass is 32.1. The number of aryl methyl sites for hydroxylation is 1. The number of aliphatic hydroxyl groups is 1. The number of aliphatic hydroxyl groups excluding tert-OH is 1. The van der Waals surface area contributed by atoms with E-state index >= 15 is 0 Å². The molecule has 53 heavy (non-hydrogen) atoms. The number of aromatic nitrogens is 3. The van der Waals surface area contributed by atoms with Gasteiger partial charge in [0.2, 0.25) is 0 Å². The SMILES string of the molecule is CCn1c(-c2cccnc2C(C)C)c(CC(C)(C)CO)c2cc(-c3csc(C[C@H](NC(=O)OC(C)(C)C)C(=O)N4CCC[C@@H](C(=O)OC)N4)n3)ccc21. The van der Waals surface area contributed by atoms with Gasteiger partial charge in [0.1, 0.15) is 17.7 Å². The summed E-state index contributed by atoms with van der Waals surface area (Å²) in [6.07, 6.45) is 3.03. The Labute approximate surface area is 316 Å². The van der Waals surface area contributed by atoms with E-state index in [9.17, 15) is 19.5 Å². The fraction of sp³-hybridized carbons (Fsp3) is 0.525. The van der Waals surface area contributed by atoms with Crippen molar-refractivity contribution in [2.75, 3.05) is 20.3 Å². The third kappa shape index (κ3) is 9.25. The Bertz CT molecular complexity index is 1940. The predicted molar refractivity (Wildman–Crippen MR) is 207 cm³/mol. The minimum absolute atomic E-state index is 0.0396. The number of amides is 2. The van der Waals surface area contributed by atoms with Crippen LogP contribution in [0.5, 0.6) is 0 Å². The van der Waals surface area contributed by atoms with Gasteiger partial charge < -0.3 is 24.5 Å². The Kier molecular flexibility index (Phi) is 12.3. The zero-order valence-corrected chi connectivity index (χ0v) is 33.2. The second-order valence-corrected chi connectivity index (χ2v) is 16.7. The Morgan fingerprint density at radius 3 is 2.57 bits per heavy atom. The van der Waals surface area contributed by atoms with Gasteiger partial charge in [-0.3, -0.25) is 19.6 Å². The first-order valence-corrected chi connectivity index (χ1v) is 19.2. The van der Waals surface area contributed by atoms with Crippen LogP contribution in [0.2, 0.25) is 0 Å². The fourth-order valence-electron chi connectivity index (χ4n) is 6.82. The number of fused-ring (bicyclic) bond motifs is 1. The van der Waals surface area contributed by atoms with Gasteiger partial charge in [-0.1, -0.05) is 33.8 Å². The van der Waals surface area contributed by atoms with Crippen LogP contribution >= 0.6 is 11.3 Å². The molecular weight excluding hydrogens is 693 g/mol. The van der Waals surface area contributed by atoms with Crippen LogP contribution < -0.4 is 10.7 Å². The van der Waals surface area contributed by atoms with E-state index in [2.05, 4.69) is 74.2 Å². The average molecular weight is 747 g/mol. The summed E-state index contributed by atoms with van der Waals surface area (Å²) >= 11 is 1.41. The number of hydrogen-bond donors (Lipinski definition) is 3. The van der Waals surface area contributed by atoms with Gasteiger partial charge in [-0.05, 0) is 88.1 Å². The number of alkyl carbamates (subject to hydrolysis) is 1. The number of thiazole rings is 1. The number of carbonyl (C=O) groups is 3. The molecule has 2 atom stereocenters. The number of nitrogens with zero attached hydrogens (tertiary/aromatic N) is 4. The number of hydrazine groups is 1. The smallest absolute Gasteiger partial charge is 0.408 e. The maximum absolute atomic E-state index is 13.9. The van der Waals surface area contributed by atoms with Gasteiger partial charge in [-0.2, -0.15) is 0 Å². The summed E-state index contributed by atoms with van der Waals surface area (Å²) in [6.45, 7) is 17.1. The highest BCUT2D eigenvalue weighted by Gasteiger charge is 2.34. The average Bonchev–Trinajstić information content (AvgIpc) is 3.71. The lowest BCUT2D eigenvalue weighted by Crippen LogP contribution is -2.60. The molecule has 13 heteroatoms. The molecule has 0 bridgehead atoms. The Hall–Kier alpha value is -4.33. The number of pyridine rings is 1. The van der Waals surface area contributed by atoms with E-state index in [0.29, 0.717) is 30.8 Å². The standard InChI is InChI=1S/C40H54N6O6S/c1-10-45-32-16-15-25(19-27(32)28(21-40(7,8)23-47)35(45)26-13-11-17-41-34(26)24(2)3)31-22-53-33(42-31)20-30(43-38(50)52-39(4,5)6)36(48)46-18-12-14-29(44-46)37(49)51-9/h11,13,15-17,19,22,24,29-30,44,47H,10,12,14,18,20-21,23H2,1-9H3,(H,43,50)/t29-,30-/m0/s1. The van der Waals surface area contributed by atoms with E-state index in [4.69, 9.17) is 19.4 Å². The van der Waals surface area contributed by atoms with Gasteiger partial charge in [0, 0.05) is 59.7 Å².